The molecule has 0 aliphatic heterocycles. The second-order valence-corrected chi connectivity index (χ2v) is 6.36. The summed E-state index contributed by atoms with van der Waals surface area (Å²) in [5, 5.41) is 10.8. The Hall–Kier alpha value is -1.73. The number of aliphatic imine (C=N–C) groups is 1. The summed E-state index contributed by atoms with van der Waals surface area (Å²) in [7, 11) is 5.01. The minimum absolute atomic E-state index is 0.627. The Bertz CT molecular complexity index is 660. The number of benzene rings is 1. The average Bonchev–Trinajstić information content (AvgIpc) is 3.07. The predicted octanol–water partition coefficient (Wildman–Crippen LogP) is 3.39. The lowest BCUT2D eigenvalue weighted by atomic mass is 10.2. The molecule has 7 heteroatoms. The number of rotatable bonds is 6. The van der Waals surface area contributed by atoms with Gasteiger partial charge in [0.15, 0.2) is 17.5 Å². The van der Waals surface area contributed by atoms with E-state index < -0.39 is 0 Å². The first-order valence-electron chi connectivity index (χ1n) is 7.04. The van der Waals surface area contributed by atoms with E-state index in [1.807, 2.05) is 12.1 Å². The number of methoxy groups -OCH3 is 2. The minimum atomic E-state index is 0.627. The fraction of sp³-hybridized carbons (Fsp3) is 0.312. The molecule has 2 N–H and O–H groups in total. The third-order valence-electron chi connectivity index (χ3n) is 3.22. The normalized spacial score (nSPS) is 11.2. The van der Waals surface area contributed by atoms with Crippen LogP contribution in [-0.2, 0) is 13.1 Å². The first kappa shape index (κ1) is 17.6. The van der Waals surface area contributed by atoms with E-state index in [4.69, 9.17) is 9.47 Å². The Labute approximate surface area is 148 Å². The van der Waals surface area contributed by atoms with Gasteiger partial charge in [-0.1, -0.05) is 0 Å². The molecule has 0 bridgehead atoms. The number of guanidine groups is 1. The first-order chi connectivity index (χ1) is 11.2. The molecule has 2 aromatic rings. The van der Waals surface area contributed by atoms with Gasteiger partial charge in [-0.2, -0.15) is 11.3 Å². The summed E-state index contributed by atoms with van der Waals surface area (Å²) in [4.78, 5) is 4.23. The van der Waals surface area contributed by atoms with Crippen LogP contribution >= 0.6 is 27.3 Å². The first-order valence-corrected chi connectivity index (χ1v) is 8.77. The van der Waals surface area contributed by atoms with Gasteiger partial charge in [0.05, 0.1) is 18.7 Å². The monoisotopic (exact) mass is 397 g/mol. The van der Waals surface area contributed by atoms with Crippen molar-refractivity contribution in [3.8, 4) is 11.5 Å². The molecule has 0 radical (unpaired) electrons. The molecule has 0 aliphatic carbocycles. The molecular weight excluding hydrogens is 378 g/mol. The molecule has 0 saturated heterocycles. The van der Waals surface area contributed by atoms with Crippen molar-refractivity contribution in [3.05, 3.63) is 44.6 Å². The lowest BCUT2D eigenvalue weighted by Crippen LogP contribution is -2.36. The zero-order valence-electron chi connectivity index (χ0n) is 13.4. The zero-order valence-corrected chi connectivity index (χ0v) is 15.8. The third-order valence-corrected chi connectivity index (χ3v) is 4.54. The quantitative estimate of drug-likeness (QED) is 0.579. The molecule has 0 aliphatic rings. The molecule has 0 atom stereocenters. The summed E-state index contributed by atoms with van der Waals surface area (Å²) in [6, 6.07) is 6.04. The molecule has 0 fully saturated rings. The van der Waals surface area contributed by atoms with Crippen LogP contribution in [0, 0.1) is 0 Å². The number of ether oxygens (including phenoxy) is 2. The number of nitrogens with zero attached hydrogens (tertiary/aromatic N) is 1. The van der Waals surface area contributed by atoms with Crippen LogP contribution in [0.2, 0.25) is 0 Å². The van der Waals surface area contributed by atoms with E-state index in [1.165, 1.54) is 5.56 Å². The Morgan fingerprint density at radius 1 is 1.17 bits per heavy atom. The maximum absolute atomic E-state index is 5.36. The van der Waals surface area contributed by atoms with Crippen molar-refractivity contribution >= 4 is 33.2 Å². The lowest BCUT2D eigenvalue weighted by Gasteiger charge is -2.14. The molecular formula is C16H20BrN3O2S. The maximum atomic E-state index is 5.36. The van der Waals surface area contributed by atoms with Crippen molar-refractivity contribution < 1.29 is 9.47 Å². The molecule has 124 valence electrons. The van der Waals surface area contributed by atoms with Crippen LogP contribution in [0.1, 0.15) is 11.1 Å². The molecule has 2 rings (SSSR count). The van der Waals surface area contributed by atoms with Crippen molar-refractivity contribution in [1.82, 2.24) is 10.6 Å². The topological polar surface area (TPSA) is 54.9 Å². The van der Waals surface area contributed by atoms with Crippen molar-refractivity contribution in [2.75, 3.05) is 21.3 Å². The van der Waals surface area contributed by atoms with E-state index in [0.29, 0.717) is 18.0 Å². The fourth-order valence-electron chi connectivity index (χ4n) is 2.06. The van der Waals surface area contributed by atoms with Crippen LogP contribution in [0.3, 0.4) is 0 Å². The number of hydrogen-bond acceptors (Lipinski definition) is 4. The van der Waals surface area contributed by atoms with Crippen molar-refractivity contribution in [1.29, 1.82) is 0 Å². The van der Waals surface area contributed by atoms with Crippen LogP contribution < -0.4 is 20.1 Å². The van der Waals surface area contributed by atoms with Gasteiger partial charge in [0.2, 0.25) is 0 Å². The molecule has 1 heterocycles. The maximum Gasteiger partial charge on any atom is 0.191 e. The van der Waals surface area contributed by atoms with E-state index in [2.05, 4.69) is 48.4 Å². The molecule has 0 amide bonds. The molecule has 1 aromatic carbocycles. The summed E-state index contributed by atoms with van der Waals surface area (Å²) in [6.07, 6.45) is 0. The third kappa shape index (κ3) is 4.87. The standard InChI is InChI=1S/C16H20BrN3O2S/c1-18-16(19-8-11-4-5-23-10-11)20-9-12-6-13(17)15(22-3)14(7-12)21-2/h4-7,10H,8-9H2,1-3H3,(H2,18,19,20). The van der Waals surface area contributed by atoms with Gasteiger partial charge >= 0.3 is 0 Å². The van der Waals surface area contributed by atoms with Crippen LogP contribution in [0.25, 0.3) is 0 Å². The number of hydrogen-bond donors (Lipinski definition) is 2. The fourth-order valence-corrected chi connectivity index (χ4v) is 3.38. The lowest BCUT2D eigenvalue weighted by molar-refractivity contribution is 0.352. The van der Waals surface area contributed by atoms with Gasteiger partial charge in [-0.15, -0.1) is 0 Å². The molecule has 5 nitrogen and oxygen atoms in total. The van der Waals surface area contributed by atoms with Crippen LogP contribution in [0.4, 0.5) is 0 Å². The zero-order chi connectivity index (χ0) is 16.7. The number of halogens is 1. The van der Waals surface area contributed by atoms with Crippen molar-refractivity contribution in [2.45, 2.75) is 13.1 Å². The second kappa shape index (κ2) is 8.79. The molecule has 23 heavy (non-hydrogen) atoms. The Kier molecular flexibility index (Phi) is 6.73. The van der Waals surface area contributed by atoms with Crippen molar-refractivity contribution in [3.63, 3.8) is 0 Å². The molecule has 1 aromatic heterocycles. The van der Waals surface area contributed by atoms with E-state index in [9.17, 15) is 0 Å². The van der Waals surface area contributed by atoms with E-state index in [0.717, 1.165) is 22.5 Å². The van der Waals surface area contributed by atoms with Gasteiger partial charge in [0, 0.05) is 20.1 Å². The van der Waals surface area contributed by atoms with E-state index in [-0.39, 0.29) is 0 Å². The Morgan fingerprint density at radius 2 is 1.91 bits per heavy atom. The van der Waals surface area contributed by atoms with Gasteiger partial charge in [-0.3, -0.25) is 4.99 Å². The largest absolute Gasteiger partial charge is 0.493 e. The summed E-state index contributed by atoms with van der Waals surface area (Å²) in [5.41, 5.74) is 2.31. The van der Waals surface area contributed by atoms with Crippen LogP contribution in [-0.4, -0.2) is 27.2 Å². The molecule has 0 spiro atoms. The molecule has 0 saturated carbocycles. The number of thiophene rings is 1. The van der Waals surface area contributed by atoms with Gasteiger partial charge in [0.1, 0.15) is 0 Å². The van der Waals surface area contributed by atoms with E-state index >= 15 is 0 Å². The average molecular weight is 398 g/mol. The highest BCUT2D eigenvalue weighted by Gasteiger charge is 2.10. The SMILES string of the molecule is CN=C(NCc1ccsc1)NCc1cc(Br)c(OC)c(OC)c1. The Balaban J connectivity index is 1.97. The summed E-state index contributed by atoms with van der Waals surface area (Å²) >= 11 is 5.19. The Morgan fingerprint density at radius 3 is 2.48 bits per heavy atom. The summed E-state index contributed by atoms with van der Waals surface area (Å²) in [5.74, 6) is 2.14. The van der Waals surface area contributed by atoms with Crippen LogP contribution in [0.15, 0.2) is 38.4 Å². The summed E-state index contributed by atoms with van der Waals surface area (Å²) < 4.78 is 11.5. The minimum Gasteiger partial charge on any atom is -0.493 e. The second-order valence-electron chi connectivity index (χ2n) is 4.72. The smallest absolute Gasteiger partial charge is 0.191 e. The number of nitrogens with one attached hydrogen (secondary N) is 2. The highest BCUT2D eigenvalue weighted by molar-refractivity contribution is 9.10. The highest BCUT2D eigenvalue weighted by atomic mass is 79.9. The van der Waals surface area contributed by atoms with Crippen molar-refractivity contribution in [2.24, 2.45) is 4.99 Å². The highest BCUT2D eigenvalue weighted by Crippen LogP contribution is 2.36. The van der Waals surface area contributed by atoms with Gasteiger partial charge in [-0.05, 0) is 56.0 Å². The predicted molar refractivity (Wildman–Crippen MR) is 98.6 cm³/mol. The molecule has 0 unspecified atom stereocenters. The van der Waals surface area contributed by atoms with Gasteiger partial charge in [0.25, 0.3) is 0 Å². The van der Waals surface area contributed by atoms with Gasteiger partial charge in [-0.25, -0.2) is 0 Å². The van der Waals surface area contributed by atoms with E-state index in [1.54, 1.807) is 32.6 Å². The summed E-state index contributed by atoms with van der Waals surface area (Å²) in [6.45, 7) is 1.38. The van der Waals surface area contributed by atoms with Crippen LogP contribution in [0.5, 0.6) is 11.5 Å². The van der Waals surface area contributed by atoms with Gasteiger partial charge < -0.3 is 20.1 Å².